The Hall–Kier alpha value is -1.02. The second-order valence-corrected chi connectivity index (χ2v) is 5.17. The number of halogens is 1. The Labute approximate surface area is 118 Å². The van der Waals surface area contributed by atoms with Crippen LogP contribution in [0.4, 0.5) is 0 Å². The summed E-state index contributed by atoms with van der Waals surface area (Å²) in [6.45, 7) is 0. The van der Waals surface area contributed by atoms with Gasteiger partial charge in [-0.25, -0.2) is 0 Å². The number of ether oxygens (including phenoxy) is 1. The number of hydrogen-bond acceptors (Lipinski definition) is 6. The maximum atomic E-state index is 5.57. The van der Waals surface area contributed by atoms with Crippen LogP contribution in [0.2, 0.25) is 0 Å². The van der Waals surface area contributed by atoms with Gasteiger partial charge in [-0.1, -0.05) is 20.4 Å². The molecule has 0 aliphatic carbocycles. The number of nitrogens with one attached hydrogen (secondary N) is 1. The van der Waals surface area contributed by atoms with Gasteiger partial charge in [-0.15, -0.1) is 5.10 Å². The molecule has 7 heteroatoms. The van der Waals surface area contributed by atoms with Crippen LogP contribution in [0.1, 0.15) is 17.3 Å². The summed E-state index contributed by atoms with van der Waals surface area (Å²) in [7, 11) is 1.65. The zero-order valence-electron chi connectivity index (χ0n) is 9.76. The van der Waals surface area contributed by atoms with Gasteiger partial charge in [-0.3, -0.25) is 11.3 Å². The van der Waals surface area contributed by atoms with Crippen LogP contribution in [0, 0.1) is 0 Å². The van der Waals surface area contributed by atoms with Crippen LogP contribution in [0.25, 0.3) is 0 Å². The van der Waals surface area contributed by atoms with Crippen molar-refractivity contribution in [3.63, 3.8) is 0 Å². The second-order valence-electron chi connectivity index (χ2n) is 3.71. The molecule has 0 saturated heterocycles. The van der Waals surface area contributed by atoms with E-state index in [1.165, 1.54) is 11.5 Å². The van der Waals surface area contributed by atoms with Gasteiger partial charge in [0.1, 0.15) is 5.75 Å². The van der Waals surface area contributed by atoms with Gasteiger partial charge in [-0.05, 0) is 41.7 Å². The smallest absolute Gasteiger partial charge is 0.119 e. The first kappa shape index (κ1) is 13.4. The number of nitrogens with two attached hydrogens (primary N) is 1. The Bertz CT molecular complexity index is 506. The van der Waals surface area contributed by atoms with Gasteiger partial charge in [0.2, 0.25) is 0 Å². The highest BCUT2D eigenvalue weighted by Crippen LogP contribution is 2.26. The molecule has 0 aliphatic heterocycles. The highest BCUT2D eigenvalue weighted by molar-refractivity contribution is 9.10. The lowest BCUT2D eigenvalue weighted by atomic mass is 10.0. The van der Waals surface area contributed by atoms with Crippen molar-refractivity contribution in [2.45, 2.75) is 12.5 Å². The molecule has 0 amide bonds. The number of hydrogen-bond donors (Lipinski definition) is 2. The van der Waals surface area contributed by atoms with Crippen molar-refractivity contribution < 1.29 is 4.74 Å². The average Bonchev–Trinajstić information content (AvgIpc) is 2.91. The molecular weight excluding hydrogens is 316 g/mol. The van der Waals surface area contributed by atoms with Crippen molar-refractivity contribution in [3.8, 4) is 5.75 Å². The summed E-state index contributed by atoms with van der Waals surface area (Å²) < 4.78 is 10.1. The minimum absolute atomic E-state index is 0.0628. The topological polar surface area (TPSA) is 73.1 Å². The molecule has 0 spiro atoms. The first-order valence-electron chi connectivity index (χ1n) is 5.30. The van der Waals surface area contributed by atoms with Crippen molar-refractivity contribution in [1.82, 2.24) is 15.0 Å². The third-order valence-corrected chi connectivity index (χ3v) is 3.91. The molecule has 1 heterocycles. The van der Waals surface area contributed by atoms with Crippen LogP contribution in [0.3, 0.4) is 0 Å². The number of hydrazine groups is 1. The Kier molecular flexibility index (Phi) is 4.65. The molecule has 0 fully saturated rings. The highest BCUT2D eigenvalue weighted by atomic mass is 79.9. The molecule has 3 N–H and O–H groups in total. The number of benzene rings is 1. The molecule has 1 aromatic carbocycles. The first-order chi connectivity index (χ1) is 8.74. The lowest BCUT2D eigenvalue weighted by molar-refractivity contribution is 0.413. The Morgan fingerprint density at radius 3 is 3.00 bits per heavy atom. The molecule has 0 saturated carbocycles. The predicted molar refractivity (Wildman–Crippen MR) is 74.4 cm³/mol. The molecule has 0 bridgehead atoms. The summed E-state index contributed by atoms with van der Waals surface area (Å²) in [5, 5.41) is 5.92. The van der Waals surface area contributed by atoms with E-state index >= 15 is 0 Å². The van der Waals surface area contributed by atoms with E-state index in [0.29, 0.717) is 6.42 Å². The molecule has 5 nitrogen and oxygen atoms in total. The minimum atomic E-state index is -0.0628. The summed E-state index contributed by atoms with van der Waals surface area (Å²) in [6.07, 6.45) is 0.708. The quantitative estimate of drug-likeness (QED) is 0.649. The van der Waals surface area contributed by atoms with Gasteiger partial charge >= 0.3 is 0 Å². The van der Waals surface area contributed by atoms with E-state index in [1.54, 1.807) is 7.11 Å². The number of rotatable bonds is 5. The van der Waals surface area contributed by atoms with E-state index < -0.39 is 0 Å². The van der Waals surface area contributed by atoms with Gasteiger partial charge in [0.25, 0.3) is 0 Å². The number of methoxy groups -OCH3 is 1. The van der Waals surface area contributed by atoms with E-state index in [0.717, 1.165) is 21.5 Å². The van der Waals surface area contributed by atoms with Gasteiger partial charge in [-0.2, -0.15) is 0 Å². The number of nitrogens with zero attached hydrogens (tertiary/aromatic N) is 2. The van der Waals surface area contributed by atoms with Crippen LogP contribution in [-0.2, 0) is 6.42 Å². The molecule has 2 rings (SSSR count). The van der Waals surface area contributed by atoms with E-state index in [9.17, 15) is 0 Å². The summed E-state index contributed by atoms with van der Waals surface area (Å²) in [4.78, 5) is 0. The fourth-order valence-corrected chi connectivity index (χ4v) is 2.54. The van der Waals surface area contributed by atoms with Crippen LogP contribution < -0.4 is 16.0 Å². The second kappa shape index (κ2) is 6.24. The van der Waals surface area contributed by atoms with E-state index in [4.69, 9.17) is 10.6 Å². The third kappa shape index (κ3) is 3.05. The largest absolute Gasteiger partial charge is 0.497 e. The summed E-state index contributed by atoms with van der Waals surface area (Å²) >= 11 is 4.84. The van der Waals surface area contributed by atoms with E-state index in [-0.39, 0.29) is 6.04 Å². The summed E-state index contributed by atoms with van der Waals surface area (Å²) in [6, 6.07) is 5.78. The normalized spacial score (nSPS) is 12.4. The number of aromatic nitrogens is 2. The molecule has 1 unspecified atom stereocenters. The van der Waals surface area contributed by atoms with Crippen LogP contribution in [0.5, 0.6) is 5.75 Å². The van der Waals surface area contributed by atoms with Crippen molar-refractivity contribution in [2.24, 2.45) is 5.84 Å². The van der Waals surface area contributed by atoms with Gasteiger partial charge in [0.05, 0.1) is 18.8 Å². The van der Waals surface area contributed by atoms with Crippen molar-refractivity contribution in [2.75, 3.05) is 7.11 Å². The van der Waals surface area contributed by atoms with Gasteiger partial charge in [0.15, 0.2) is 0 Å². The lowest BCUT2D eigenvalue weighted by Gasteiger charge is -2.14. The fraction of sp³-hybridized carbons (Fsp3) is 0.273. The van der Waals surface area contributed by atoms with Crippen LogP contribution in [0.15, 0.2) is 28.1 Å². The third-order valence-electron chi connectivity index (χ3n) is 2.61. The Morgan fingerprint density at radius 2 is 2.39 bits per heavy atom. The molecule has 0 radical (unpaired) electrons. The molecule has 0 aliphatic rings. The first-order valence-corrected chi connectivity index (χ1v) is 6.93. The highest BCUT2D eigenvalue weighted by Gasteiger charge is 2.15. The standard InChI is InChI=1S/C11H13BrN4OS/c1-17-8-2-3-9(12)7(4-8)5-10(14-13)11-6-18-16-15-11/h2-4,6,10,14H,5,13H2,1H3. The predicted octanol–water partition coefficient (Wildman–Crippen LogP) is 2.06. The van der Waals surface area contributed by atoms with Gasteiger partial charge < -0.3 is 4.74 Å². The summed E-state index contributed by atoms with van der Waals surface area (Å²) in [5.41, 5.74) is 4.71. The van der Waals surface area contributed by atoms with Crippen LogP contribution in [-0.4, -0.2) is 16.7 Å². The minimum Gasteiger partial charge on any atom is -0.497 e. The zero-order chi connectivity index (χ0) is 13.0. The molecular formula is C11H13BrN4OS. The molecule has 96 valence electrons. The van der Waals surface area contributed by atoms with E-state index in [1.807, 2.05) is 23.6 Å². The van der Waals surface area contributed by atoms with E-state index in [2.05, 4.69) is 30.9 Å². The molecule has 2 aromatic rings. The maximum Gasteiger partial charge on any atom is 0.119 e. The molecule has 1 aromatic heterocycles. The maximum absolute atomic E-state index is 5.57. The lowest BCUT2D eigenvalue weighted by Crippen LogP contribution is -2.30. The molecule has 18 heavy (non-hydrogen) atoms. The Balaban J connectivity index is 2.21. The van der Waals surface area contributed by atoms with Crippen molar-refractivity contribution in [3.05, 3.63) is 39.3 Å². The Morgan fingerprint density at radius 1 is 1.56 bits per heavy atom. The zero-order valence-corrected chi connectivity index (χ0v) is 12.2. The SMILES string of the molecule is COc1ccc(Br)c(CC(NN)c2csnn2)c1. The molecule has 1 atom stereocenters. The fourth-order valence-electron chi connectivity index (χ4n) is 1.63. The van der Waals surface area contributed by atoms with Crippen molar-refractivity contribution >= 4 is 27.5 Å². The average molecular weight is 329 g/mol. The summed E-state index contributed by atoms with van der Waals surface area (Å²) in [5.74, 6) is 6.39. The monoisotopic (exact) mass is 328 g/mol. The van der Waals surface area contributed by atoms with Crippen LogP contribution >= 0.6 is 27.5 Å². The van der Waals surface area contributed by atoms with Gasteiger partial charge in [0, 0.05) is 9.85 Å². The van der Waals surface area contributed by atoms with Crippen molar-refractivity contribution in [1.29, 1.82) is 0 Å².